The first-order valence-corrected chi connectivity index (χ1v) is 6.59. The third kappa shape index (κ3) is 1.96. The molecule has 2 N–H and O–H groups in total. The van der Waals surface area contributed by atoms with E-state index < -0.39 is 0 Å². The van der Waals surface area contributed by atoms with E-state index in [-0.39, 0.29) is 0 Å². The Kier molecular flexibility index (Phi) is 2.96. The molecule has 3 aromatic rings. The summed E-state index contributed by atoms with van der Waals surface area (Å²) in [5, 5.41) is 4.39. The molecular formula is C14H13N3S. The number of aromatic nitrogens is 2. The van der Waals surface area contributed by atoms with Gasteiger partial charge in [-0.2, -0.15) is 5.10 Å². The van der Waals surface area contributed by atoms with Gasteiger partial charge in [-0.3, -0.25) is 0 Å². The minimum Gasteiger partial charge on any atom is -0.326 e. The zero-order valence-electron chi connectivity index (χ0n) is 9.78. The van der Waals surface area contributed by atoms with Gasteiger partial charge >= 0.3 is 0 Å². The first kappa shape index (κ1) is 11.2. The summed E-state index contributed by atoms with van der Waals surface area (Å²) >= 11 is 1.71. The maximum Gasteiger partial charge on any atom is 0.0840 e. The lowest BCUT2D eigenvalue weighted by Crippen LogP contribution is -1.97. The van der Waals surface area contributed by atoms with E-state index in [1.54, 1.807) is 11.3 Å². The summed E-state index contributed by atoms with van der Waals surface area (Å²) in [6.07, 6.45) is 1.82. The summed E-state index contributed by atoms with van der Waals surface area (Å²) in [7, 11) is 0. The highest BCUT2D eigenvalue weighted by molar-refractivity contribution is 7.15. The predicted molar refractivity (Wildman–Crippen MR) is 74.8 cm³/mol. The molecule has 18 heavy (non-hydrogen) atoms. The summed E-state index contributed by atoms with van der Waals surface area (Å²) in [6.45, 7) is 0.587. The molecule has 0 amide bonds. The summed E-state index contributed by atoms with van der Waals surface area (Å²) in [4.78, 5) is 2.38. The van der Waals surface area contributed by atoms with Gasteiger partial charge in [-0.25, -0.2) is 4.68 Å². The zero-order valence-corrected chi connectivity index (χ0v) is 10.6. The lowest BCUT2D eigenvalue weighted by atomic mass is 10.3. The lowest BCUT2D eigenvalue weighted by Gasteiger charge is -2.05. The van der Waals surface area contributed by atoms with E-state index in [2.05, 4.69) is 17.2 Å². The topological polar surface area (TPSA) is 43.8 Å². The number of nitrogens with two attached hydrogens (primary N) is 1. The Balaban J connectivity index is 2.07. The highest BCUT2D eigenvalue weighted by Crippen LogP contribution is 2.29. The van der Waals surface area contributed by atoms with Crippen molar-refractivity contribution < 1.29 is 0 Å². The van der Waals surface area contributed by atoms with Gasteiger partial charge in [0.25, 0.3) is 0 Å². The molecular weight excluding hydrogens is 242 g/mol. The SMILES string of the molecule is NCc1ccc(-c2ccnn2-c2ccccc2)s1. The first-order valence-electron chi connectivity index (χ1n) is 5.77. The molecule has 0 saturated heterocycles. The van der Waals surface area contributed by atoms with Crippen LogP contribution in [0, 0.1) is 0 Å². The van der Waals surface area contributed by atoms with Crippen molar-refractivity contribution in [1.29, 1.82) is 0 Å². The molecule has 90 valence electrons. The molecule has 0 unspecified atom stereocenters. The minimum absolute atomic E-state index is 0.587. The van der Waals surface area contributed by atoms with E-state index >= 15 is 0 Å². The van der Waals surface area contributed by atoms with Crippen LogP contribution in [0.25, 0.3) is 16.3 Å². The van der Waals surface area contributed by atoms with Crippen molar-refractivity contribution in [3.8, 4) is 16.3 Å². The Bertz CT molecular complexity index is 640. The van der Waals surface area contributed by atoms with Crippen LogP contribution >= 0.6 is 11.3 Å². The quantitative estimate of drug-likeness (QED) is 0.781. The van der Waals surface area contributed by atoms with Crippen LogP contribution in [0.4, 0.5) is 0 Å². The Labute approximate surface area is 109 Å². The molecule has 0 atom stereocenters. The van der Waals surface area contributed by atoms with E-state index in [9.17, 15) is 0 Å². The number of hydrogen-bond acceptors (Lipinski definition) is 3. The average molecular weight is 255 g/mol. The lowest BCUT2D eigenvalue weighted by molar-refractivity contribution is 0.890. The molecule has 0 spiro atoms. The maximum absolute atomic E-state index is 5.65. The Hall–Kier alpha value is -1.91. The van der Waals surface area contributed by atoms with Crippen molar-refractivity contribution in [3.63, 3.8) is 0 Å². The van der Waals surface area contributed by atoms with Crippen LogP contribution in [0.1, 0.15) is 4.88 Å². The molecule has 1 aromatic carbocycles. The smallest absolute Gasteiger partial charge is 0.0840 e. The van der Waals surface area contributed by atoms with Crippen molar-refractivity contribution in [2.24, 2.45) is 5.73 Å². The number of thiophene rings is 1. The summed E-state index contributed by atoms with van der Waals surface area (Å²) < 4.78 is 1.95. The molecule has 0 aliphatic heterocycles. The Morgan fingerprint density at radius 3 is 2.61 bits per heavy atom. The van der Waals surface area contributed by atoms with Crippen molar-refractivity contribution in [3.05, 3.63) is 59.6 Å². The second kappa shape index (κ2) is 4.76. The Morgan fingerprint density at radius 2 is 1.89 bits per heavy atom. The van der Waals surface area contributed by atoms with Crippen LogP contribution in [0.5, 0.6) is 0 Å². The molecule has 0 aliphatic rings. The van der Waals surface area contributed by atoms with Crippen molar-refractivity contribution >= 4 is 11.3 Å². The molecule has 0 fully saturated rings. The number of rotatable bonds is 3. The van der Waals surface area contributed by atoms with Crippen LogP contribution in [-0.2, 0) is 6.54 Å². The summed E-state index contributed by atoms with van der Waals surface area (Å²) in [5.74, 6) is 0. The van der Waals surface area contributed by atoms with Crippen molar-refractivity contribution in [2.45, 2.75) is 6.54 Å². The van der Waals surface area contributed by atoms with Gasteiger partial charge in [0.2, 0.25) is 0 Å². The largest absolute Gasteiger partial charge is 0.326 e. The van der Waals surface area contributed by atoms with Gasteiger partial charge in [-0.15, -0.1) is 11.3 Å². The number of hydrogen-bond donors (Lipinski definition) is 1. The molecule has 3 rings (SSSR count). The van der Waals surface area contributed by atoms with Gasteiger partial charge in [-0.1, -0.05) is 18.2 Å². The van der Waals surface area contributed by atoms with Crippen LogP contribution in [-0.4, -0.2) is 9.78 Å². The van der Waals surface area contributed by atoms with Crippen LogP contribution < -0.4 is 5.73 Å². The van der Waals surface area contributed by atoms with E-state index in [4.69, 9.17) is 5.73 Å². The fourth-order valence-electron chi connectivity index (χ4n) is 1.89. The van der Waals surface area contributed by atoms with E-state index in [0.717, 1.165) is 11.4 Å². The summed E-state index contributed by atoms with van der Waals surface area (Å²) in [6, 6.07) is 16.3. The van der Waals surface area contributed by atoms with Crippen molar-refractivity contribution in [1.82, 2.24) is 9.78 Å². The molecule has 0 saturated carbocycles. The van der Waals surface area contributed by atoms with Gasteiger partial charge in [-0.05, 0) is 30.3 Å². The van der Waals surface area contributed by atoms with Crippen LogP contribution in [0.2, 0.25) is 0 Å². The molecule has 0 bridgehead atoms. The first-order chi connectivity index (χ1) is 8.88. The van der Waals surface area contributed by atoms with Gasteiger partial charge in [0, 0.05) is 11.4 Å². The third-order valence-corrected chi connectivity index (χ3v) is 3.89. The van der Waals surface area contributed by atoms with Gasteiger partial charge in [0.1, 0.15) is 0 Å². The molecule has 2 aromatic heterocycles. The predicted octanol–water partition coefficient (Wildman–Crippen LogP) is 3.06. The number of benzene rings is 1. The van der Waals surface area contributed by atoms with Gasteiger partial charge in [0.15, 0.2) is 0 Å². The molecule has 0 aliphatic carbocycles. The second-order valence-corrected chi connectivity index (χ2v) is 5.10. The summed E-state index contributed by atoms with van der Waals surface area (Å²) in [5.41, 5.74) is 7.83. The van der Waals surface area contributed by atoms with E-state index in [0.29, 0.717) is 6.54 Å². The fraction of sp³-hybridized carbons (Fsp3) is 0.0714. The monoisotopic (exact) mass is 255 g/mol. The highest BCUT2D eigenvalue weighted by atomic mass is 32.1. The maximum atomic E-state index is 5.65. The fourth-order valence-corrected chi connectivity index (χ4v) is 2.79. The van der Waals surface area contributed by atoms with E-state index in [1.807, 2.05) is 47.3 Å². The van der Waals surface area contributed by atoms with Crippen LogP contribution in [0.3, 0.4) is 0 Å². The average Bonchev–Trinajstić information content (AvgIpc) is 3.08. The van der Waals surface area contributed by atoms with Gasteiger partial charge < -0.3 is 5.73 Å². The second-order valence-electron chi connectivity index (χ2n) is 3.93. The van der Waals surface area contributed by atoms with Crippen LogP contribution in [0.15, 0.2) is 54.7 Å². The minimum atomic E-state index is 0.587. The molecule has 3 nitrogen and oxygen atoms in total. The zero-order chi connectivity index (χ0) is 12.4. The molecule has 4 heteroatoms. The number of nitrogens with zero attached hydrogens (tertiary/aromatic N) is 2. The normalized spacial score (nSPS) is 10.7. The molecule has 2 heterocycles. The third-order valence-electron chi connectivity index (χ3n) is 2.76. The molecule has 0 radical (unpaired) electrons. The highest BCUT2D eigenvalue weighted by Gasteiger charge is 2.09. The Morgan fingerprint density at radius 1 is 1.06 bits per heavy atom. The number of para-hydroxylation sites is 1. The van der Waals surface area contributed by atoms with Crippen molar-refractivity contribution in [2.75, 3.05) is 0 Å². The van der Waals surface area contributed by atoms with E-state index in [1.165, 1.54) is 9.75 Å². The van der Waals surface area contributed by atoms with Gasteiger partial charge in [0.05, 0.1) is 22.5 Å². The standard InChI is InChI=1S/C14H13N3S/c15-10-12-6-7-14(18-12)13-8-9-16-17(13)11-4-2-1-3-5-11/h1-9H,10,15H2.